The molecule has 0 radical (unpaired) electrons. The Hall–Kier alpha value is -2.90. The minimum Gasteiger partial charge on any atom is -0.296 e. The highest BCUT2D eigenvalue weighted by Crippen LogP contribution is 2.30. The highest BCUT2D eigenvalue weighted by molar-refractivity contribution is 6.01. The van der Waals surface area contributed by atoms with Gasteiger partial charge in [-0.05, 0) is 12.1 Å². The van der Waals surface area contributed by atoms with Gasteiger partial charge in [0.1, 0.15) is 0 Å². The van der Waals surface area contributed by atoms with E-state index in [-0.39, 0.29) is 29.1 Å². The van der Waals surface area contributed by atoms with E-state index in [1.807, 2.05) is 0 Å². The minimum atomic E-state index is -4.43. The molecule has 0 saturated carbocycles. The average Bonchev–Trinajstić information content (AvgIpc) is 2.98. The summed E-state index contributed by atoms with van der Waals surface area (Å²) in [7, 11) is 0. The molecule has 0 atom stereocenters. The molecule has 3 aromatic rings. The lowest BCUT2D eigenvalue weighted by atomic mass is 10.1. The Morgan fingerprint density at radius 3 is 2.50 bits per heavy atom. The molecule has 2 aromatic heterocycles. The number of ketones is 1. The first kappa shape index (κ1) is 16.0. The Kier molecular flexibility index (Phi) is 3.75. The van der Waals surface area contributed by atoms with Crippen LogP contribution in [0.4, 0.5) is 13.2 Å². The summed E-state index contributed by atoms with van der Waals surface area (Å²) >= 11 is 0. The van der Waals surface area contributed by atoms with Crippen LogP contribution in [0.15, 0.2) is 41.3 Å². The van der Waals surface area contributed by atoms with E-state index in [2.05, 4.69) is 10.1 Å². The molecule has 0 aliphatic rings. The molecule has 8 heteroatoms. The van der Waals surface area contributed by atoms with Crippen molar-refractivity contribution in [1.29, 1.82) is 0 Å². The summed E-state index contributed by atoms with van der Waals surface area (Å²) in [6.45, 7) is 1.68. The number of carbonyl (C=O) groups excluding carboxylic acids is 1. The molecule has 0 spiro atoms. The Labute approximate surface area is 133 Å². The first-order valence-electron chi connectivity index (χ1n) is 7.13. The van der Waals surface area contributed by atoms with E-state index in [4.69, 9.17) is 0 Å². The highest BCUT2D eigenvalue weighted by Gasteiger charge is 2.30. The number of alkyl halides is 3. The Morgan fingerprint density at radius 2 is 1.92 bits per heavy atom. The third-order valence-corrected chi connectivity index (χ3v) is 3.63. The van der Waals surface area contributed by atoms with E-state index in [0.717, 1.165) is 16.6 Å². The molecule has 3 rings (SSSR count). The van der Waals surface area contributed by atoms with Crippen molar-refractivity contribution in [2.75, 3.05) is 0 Å². The van der Waals surface area contributed by atoms with E-state index in [1.165, 1.54) is 24.4 Å². The van der Waals surface area contributed by atoms with Crippen molar-refractivity contribution in [2.24, 2.45) is 0 Å². The molecule has 1 aromatic carbocycles. The minimum absolute atomic E-state index is 0.157. The van der Waals surface area contributed by atoms with Gasteiger partial charge in [0.05, 0.1) is 16.8 Å². The van der Waals surface area contributed by atoms with E-state index in [9.17, 15) is 22.8 Å². The SMILES string of the molecule is CCC(=O)c1c[nH]n2c(=O)cc(-c3ccc(C(F)(F)F)cc3)nc12. The maximum Gasteiger partial charge on any atom is 0.416 e. The molecule has 0 aliphatic carbocycles. The maximum absolute atomic E-state index is 12.6. The van der Waals surface area contributed by atoms with Gasteiger partial charge in [-0.1, -0.05) is 19.1 Å². The standard InChI is InChI=1S/C16H12F3N3O2/c1-2-13(23)11-8-20-22-14(24)7-12(21-15(11)22)9-3-5-10(6-4-9)16(17,18)19/h3-8,20H,2H2,1H3. The van der Waals surface area contributed by atoms with Gasteiger partial charge >= 0.3 is 6.18 Å². The largest absolute Gasteiger partial charge is 0.416 e. The number of hydrogen-bond donors (Lipinski definition) is 1. The van der Waals surface area contributed by atoms with Crippen molar-refractivity contribution in [3.63, 3.8) is 0 Å². The normalized spacial score (nSPS) is 11.8. The van der Waals surface area contributed by atoms with Crippen LogP contribution in [0.3, 0.4) is 0 Å². The summed E-state index contributed by atoms with van der Waals surface area (Å²) in [5.74, 6) is -0.190. The van der Waals surface area contributed by atoms with E-state index < -0.39 is 17.3 Å². The predicted molar refractivity (Wildman–Crippen MR) is 80.9 cm³/mol. The molecule has 0 saturated heterocycles. The van der Waals surface area contributed by atoms with E-state index in [0.29, 0.717) is 5.56 Å². The summed E-state index contributed by atoms with van der Waals surface area (Å²) < 4.78 is 39.0. The van der Waals surface area contributed by atoms with Gasteiger partial charge in [0, 0.05) is 24.2 Å². The van der Waals surface area contributed by atoms with Gasteiger partial charge in [-0.3, -0.25) is 14.7 Å². The lowest BCUT2D eigenvalue weighted by Crippen LogP contribution is -2.15. The van der Waals surface area contributed by atoms with Crippen molar-refractivity contribution >= 4 is 11.4 Å². The van der Waals surface area contributed by atoms with Gasteiger partial charge in [-0.15, -0.1) is 0 Å². The van der Waals surface area contributed by atoms with Crippen LogP contribution < -0.4 is 5.56 Å². The quantitative estimate of drug-likeness (QED) is 0.747. The van der Waals surface area contributed by atoms with Crippen molar-refractivity contribution < 1.29 is 18.0 Å². The van der Waals surface area contributed by atoms with Gasteiger partial charge in [-0.25, -0.2) is 9.50 Å². The Bertz CT molecular complexity index is 969. The Balaban J connectivity index is 2.13. The second-order valence-electron chi connectivity index (χ2n) is 5.18. The van der Waals surface area contributed by atoms with Gasteiger partial charge in [0.2, 0.25) is 0 Å². The highest BCUT2D eigenvalue weighted by atomic mass is 19.4. The molecule has 5 nitrogen and oxygen atoms in total. The zero-order chi connectivity index (χ0) is 17.5. The zero-order valence-corrected chi connectivity index (χ0v) is 12.5. The number of aromatic nitrogens is 3. The van der Waals surface area contributed by atoms with E-state index >= 15 is 0 Å². The van der Waals surface area contributed by atoms with Crippen molar-refractivity contribution in [3.05, 3.63) is 58.0 Å². The molecule has 124 valence electrons. The van der Waals surface area contributed by atoms with Crippen LogP contribution in [-0.4, -0.2) is 20.4 Å². The molecule has 2 heterocycles. The summed E-state index contributed by atoms with van der Waals surface area (Å²) in [6.07, 6.45) is -2.79. The molecule has 0 amide bonds. The van der Waals surface area contributed by atoms with Crippen molar-refractivity contribution in [3.8, 4) is 11.3 Å². The number of hydrogen-bond acceptors (Lipinski definition) is 3. The third-order valence-electron chi connectivity index (χ3n) is 3.63. The summed E-state index contributed by atoms with van der Waals surface area (Å²) in [4.78, 5) is 28.3. The number of nitrogens with one attached hydrogen (secondary N) is 1. The van der Waals surface area contributed by atoms with E-state index in [1.54, 1.807) is 6.92 Å². The Morgan fingerprint density at radius 1 is 1.25 bits per heavy atom. The van der Waals surface area contributed by atoms with Crippen LogP contribution in [0, 0.1) is 0 Å². The molecular formula is C16H12F3N3O2. The van der Waals surface area contributed by atoms with Crippen LogP contribution in [0.2, 0.25) is 0 Å². The number of nitrogens with zero attached hydrogens (tertiary/aromatic N) is 2. The number of carbonyl (C=O) groups is 1. The third kappa shape index (κ3) is 2.70. The van der Waals surface area contributed by atoms with Crippen LogP contribution in [0.1, 0.15) is 29.3 Å². The number of H-pyrrole nitrogens is 1. The zero-order valence-electron chi connectivity index (χ0n) is 12.5. The first-order chi connectivity index (χ1) is 11.3. The van der Waals surface area contributed by atoms with Crippen molar-refractivity contribution in [1.82, 2.24) is 14.6 Å². The van der Waals surface area contributed by atoms with Crippen LogP contribution in [0.25, 0.3) is 16.9 Å². The molecular weight excluding hydrogens is 323 g/mol. The predicted octanol–water partition coefficient (Wildman–Crippen LogP) is 3.30. The average molecular weight is 335 g/mol. The second kappa shape index (κ2) is 5.63. The molecule has 0 bridgehead atoms. The smallest absolute Gasteiger partial charge is 0.296 e. The topological polar surface area (TPSA) is 67.2 Å². The molecule has 0 aliphatic heterocycles. The summed E-state index contributed by atoms with van der Waals surface area (Å²) in [6, 6.07) is 5.54. The van der Waals surface area contributed by atoms with Gasteiger partial charge in [0.15, 0.2) is 11.4 Å². The molecule has 0 unspecified atom stereocenters. The van der Waals surface area contributed by atoms with Gasteiger partial charge in [0.25, 0.3) is 5.56 Å². The lowest BCUT2D eigenvalue weighted by molar-refractivity contribution is -0.137. The fraction of sp³-hybridized carbons (Fsp3) is 0.188. The van der Waals surface area contributed by atoms with Gasteiger partial charge in [-0.2, -0.15) is 13.2 Å². The molecule has 0 fully saturated rings. The lowest BCUT2D eigenvalue weighted by Gasteiger charge is -2.07. The van der Waals surface area contributed by atoms with Crippen molar-refractivity contribution in [2.45, 2.75) is 19.5 Å². The fourth-order valence-corrected chi connectivity index (χ4v) is 2.35. The number of halogens is 3. The monoisotopic (exact) mass is 335 g/mol. The number of Topliss-reactive ketones (excluding diaryl/α,β-unsaturated/α-hetero) is 1. The van der Waals surface area contributed by atoms with Crippen LogP contribution in [0.5, 0.6) is 0 Å². The number of fused-ring (bicyclic) bond motifs is 1. The number of rotatable bonds is 3. The number of aromatic amines is 1. The van der Waals surface area contributed by atoms with Gasteiger partial charge < -0.3 is 0 Å². The fourth-order valence-electron chi connectivity index (χ4n) is 2.35. The number of benzene rings is 1. The summed E-state index contributed by atoms with van der Waals surface area (Å²) in [5.41, 5.74) is -0.248. The second-order valence-corrected chi connectivity index (χ2v) is 5.18. The maximum atomic E-state index is 12.6. The summed E-state index contributed by atoms with van der Waals surface area (Å²) in [5, 5.41) is 2.65. The first-order valence-corrected chi connectivity index (χ1v) is 7.13. The molecule has 1 N–H and O–H groups in total. The van der Waals surface area contributed by atoms with Crippen LogP contribution in [-0.2, 0) is 6.18 Å². The molecule has 24 heavy (non-hydrogen) atoms. The van der Waals surface area contributed by atoms with Crippen LogP contribution >= 0.6 is 0 Å².